The summed E-state index contributed by atoms with van der Waals surface area (Å²) in [6, 6.07) is 6.32. The Balaban J connectivity index is 1.92. The SMILES string of the molecule is CC1(C)C(CNC(=O)c2ccc(O)cc2)C1(C)C. The summed E-state index contributed by atoms with van der Waals surface area (Å²) >= 11 is 0. The first-order valence-electron chi connectivity index (χ1n) is 6.34. The number of aromatic hydroxyl groups is 1. The van der Waals surface area contributed by atoms with E-state index in [-0.39, 0.29) is 22.5 Å². The normalized spacial score (nSPS) is 20.4. The molecule has 0 aromatic heterocycles. The highest BCUT2D eigenvalue weighted by Gasteiger charge is 2.64. The molecule has 1 saturated carbocycles. The summed E-state index contributed by atoms with van der Waals surface area (Å²) in [4.78, 5) is 11.9. The predicted molar refractivity (Wildman–Crippen MR) is 71.5 cm³/mol. The van der Waals surface area contributed by atoms with Crippen molar-refractivity contribution in [3.8, 4) is 5.75 Å². The molecule has 3 nitrogen and oxygen atoms in total. The molecular weight excluding hydrogens is 226 g/mol. The molecule has 1 aliphatic carbocycles. The highest BCUT2D eigenvalue weighted by atomic mass is 16.3. The molecule has 0 heterocycles. The smallest absolute Gasteiger partial charge is 0.251 e. The van der Waals surface area contributed by atoms with Crippen molar-refractivity contribution < 1.29 is 9.90 Å². The summed E-state index contributed by atoms with van der Waals surface area (Å²) in [5.41, 5.74) is 1.16. The zero-order valence-electron chi connectivity index (χ0n) is 11.4. The number of amides is 1. The van der Waals surface area contributed by atoms with Crippen molar-refractivity contribution in [3.63, 3.8) is 0 Å². The molecule has 0 unspecified atom stereocenters. The molecule has 1 aromatic rings. The van der Waals surface area contributed by atoms with Crippen molar-refractivity contribution in [2.75, 3.05) is 6.54 Å². The van der Waals surface area contributed by atoms with Gasteiger partial charge in [-0.2, -0.15) is 0 Å². The Morgan fingerprint density at radius 1 is 1.17 bits per heavy atom. The summed E-state index contributed by atoms with van der Waals surface area (Å²) in [7, 11) is 0. The minimum absolute atomic E-state index is 0.0755. The average molecular weight is 247 g/mol. The Morgan fingerprint density at radius 2 is 1.67 bits per heavy atom. The van der Waals surface area contributed by atoms with Gasteiger partial charge in [-0.25, -0.2) is 0 Å². The molecule has 0 radical (unpaired) electrons. The van der Waals surface area contributed by atoms with Crippen LogP contribution in [-0.2, 0) is 0 Å². The maximum Gasteiger partial charge on any atom is 0.251 e. The molecular formula is C15H21NO2. The molecule has 1 fully saturated rings. The second kappa shape index (κ2) is 4.01. The van der Waals surface area contributed by atoms with E-state index in [0.29, 0.717) is 18.0 Å². The van der Waals surface area contributed by atoms with Gasteiger partial charge in [0.2, 0.25) is 0 Å². The quantitative estimate of drug-likeness (QED) is 0.863. The molecule has 1 aliphatic rings. The number of phenolic OH excluding ortho intramolecular Hbond substituents is 1. The van der Waals surface area contributed by atoms with Crippen molar-refractivity contribution in [2.24, 2.45) is 16.7 Å². The third-order valence-electron chi connectivity index (χ3n) is 4.92. The average Bonchev–Trinajstić information content (AvgIpc) is 2.67. The van der Waals surface area contributed by atoms with Crippen LogP contribution in [0.2, 0.25) is 0 Å². The lowest BCUT2D eigenvalue weighted by molar-refractivity contribution is 0.0950. The van der Waals surface area contributed by atoms with E-state index in [1.54, 1.807) is 12.1 Å². The topological polar surface area (TPSA) is 49.3 Å². The first kappa shape index (κ1) is 12.9. The van der Waals surface area contributed by atoms with Crippen molar-refractivity contribution in [2.45, 2.75) is 27.7 Å². The Kier molecular flexibility index (Phi) is 2.88. The summed E-state index contributed by atoms with van der Waals surface area (Å²) < 4.78 is 0. The Labute approximate surface area is 108 Å². The van der Waals surface area contributed by atoms with Crippen molar-refractivity contribution in [1.29, 1.82) is 0 Å². The van der Waals surface area contributed by atoms with Crippen LogP contribution in [0.1, 0.15) is 38.1 Å². The van der Waals surface area contributed by atoms with Gasteiger partial charge in [0, 0.05) is 12.1 Å². The van der Waals surface area contributed by atoms with Crippen molar-refractivity contribution in [3.05, 3.63) is 29.8 Å². The number of phenols is 1. The first-order chi connectivity index (χ1) is 8.26. The Hall–Kier alpha value is -1.51. The van der Waals surface area contributed by atoms with Gasteiger partial charge >= 0.3 is 0 Å². The summed E-state index contributed by atoms with van der Waals surface area (Å²) in [5, 5.41) is 12.1. The predicted octanol–water partition coefficient (Wildman–Crippen LogP) is 2.80. The minimum Gasteiger partial charge on any atom is -0.508 e. The van der Waals surface area contributed by atoms with E-state index in [0.717, 1.165) is 0 Å². The van der Waals surface area contributed by atoms with Crippen LogP contribution in [0, 0.1) is 16.7 Å². The fourth-order valence-electron chi connectivity index (χ4n) is 2.75. The molecule has 0 atom stereocenters. The molecule has 2 N–H and O–H groups in total. The Morgan fingerprint density at radius 3 is 2.11 bits per heavy atom. The van der Waals surface area contributed by atoms with Crippen LogP contribution in [0.15, 0.2) is 24.3 Å². The van der Waals surface area contributed by atoms with E-state index in [4.69, 9.17) is 0 Å². The molecule has 0 spiro atoms. The number of carbonyl (C=O) groups is 1. The lowest BCUT2D eigenvalue weighted by atomic mass is 10.0. The molecule has 1 amide bonds. The molecule has 0 bridgehead atoms. The monoisotopic (exact) mass is 247 g/mol. The molecule has 18 heavy (non-hydrogen) atoms. The van der Waals surface area contributed by atoms with Crippen molar-refractivity contribution >= 4 is 5.91 Å². The number of rotatable bonds is 3. The highest BCUT2D eigenvalue weighted by molar-refractivity contribution is 5.94. The van der Waals surface area contributed by atoms with Gasteiger partial charge in [-0.1, -0.05) is 27.7 Å². The van der Waals surface area contributed by atoms with E-state index in [2.05, 4.69) is 33.0 Å². The van der Waals surface area contributed by atoms with Crippen LogP contribution in [0.25, 0.3) is 0 Å². The zero-order chi connectivity index (χ0) is 13.6. The van der Waals surface area contributed by atoms with Gasteiger partial charge in [0.05, 0.1) is 0 Å². The maximum absolute atomic E-state index is 11.9. The van der Waals surface area contributed by atoms with Gasteiger partial charge in [-0.3, -0.25) is 4.79 Å². The number of hydrogen-bond donors (Lipinski definition) is 2. The van der Waals surface area contributed by atoms with E-state index in [9.17, 15) is 9.90 Å². The van der Waals surface area contributed by atoms with Crippen LogP contribution in [-0.4, -0.2) is 17.6 Å². The lowest BCUT2D eigenvalue weighted by Gasteiger charge is -2.06. The standard InChI is InChI=1S/C15H21NO2/c1-14(2)12(15(14,3)4)9-16-13(18)10-5-7-11(17)8-6-10/h5-8,12,17H,9H2,1-4H3,(H,16,18). The van der Waals surface area contributed by atoms with Crippen LogP contribution >= 0.6 is 0 Å². The minimum atomic E-state index is -0.0755. The number of nitrogens with one attached hydrogen (secondary N) is 1. The molecule has 98 valence electrons. The van der Waals surface area contributed by atoms with E-state index >= 15 is 0 Å². The third kappa shape index (κ3) is 1.98. The van der Waals surface area contributed by atoms with Gasteiger partial charge in [0.15, 0.2) is 0 Å². The van der Waals surface area contributed by atoms with Crippen LogP contribution < -0.4 is 5.32 Å². The van der Waals surface area contributed by atoms with Gasteiger partial charge in [-0.15, -0.1) is 0 Å². The Bertz CT molecular complexity index is 446. The van der Waals surface area contributed by atoms with E-state index in [1.165, 1.54) is 12.1 Å². The summed E-state index contributed by atoms with van der Waals surface area (Å²) in [6.07, 6.45) is 0. The van der Waals surface area contributed by atoms with Gasteiger partial charge in [0.1, 0.15) is 5.75 Å². The number of hydrogen-bond acceptors (Lipinski definition) is 2. The molecule has 0 aliphatic heterocycles. The van der Waals surface area contributed by atoms with Gasteiger partial charge < -0.3 is 10.4 Å². The van der Waals surface area contributed by atoms with Gasteiger partial charge in [-0.05, 0) is 41.0 Å². The second-order valence-electron chi connectivity index (χ2n) is 6.25. The molecule has 1 aromatic carbocycles. The highest BCUT2D eigenvalue weighted by Crippen LogP contribution is 2.67. The van der Waals surface area contributed by atoms with Crippen LogP contribution in [0.3, 0.4) is 0 Å². The molecule has 3 heteroatoms. The molecule has 2 rings (SSSR count). The van der Waals surface area contributed by atoms with Crippen LogP contribution in [0.4, 0.5) is 0 Å². The van der Waals surface area contributed by atoms with Gasteiger partial charge in [0.25, 0.3) is 5.91 Å². The van der Waals surface area contributed by atoms with Crippen LogP contribution in [0.5, 0.6) is 5.75 Å². The first-order valence-corrected chi connectivity index (χ1v) is 6.34. The second-order valence-corrected chi connectivity index (χ2v) is 6.25. The maximum atomic E-state index is 11.9. The molecule has 0 saturated heterocycles. The fourth-order valence-corrected chi connectivity index (χ4v) is 2.75. The number of carbonyl (C=O) groups excluding carboxylic acids is 1. The number of benzene rings is 1. The van der Waals surface area contributed by atoms with E-state index in [1.807, 2.05) is 0 Å². The summed E-state index contributed by atoms with van der Waals surface area (Å²) in [6.45, 7) is 9.67. The third-order valence-corrected chi connectivity index (χ3v) is 4.92. The van der Waals surface area contributed by atoms with E-state index < -0.39 is 0 Å². The largest absolute Gasteiger partial charge is 0.508 e. The fraction of sp³-hybridized carbons (Fsp3) is 0.533. The summed E-state index contributed by atoms with van der Waals surface area (Å²) in [5.74, 6) is 0.621. The lowest BCUT2D eigenvalue weighted by Crippen LogP contribution is -2.27. The zero-order valence-corrected chi connectivity index (χ0v) is 11.4. The van der Waals surface area contributed by atoms with Crippen molar-refractivity contribution in [1.82, 2.24) is 5.32 Å².